The predicted octanol–water partition coefficient (Wildman–Crippen LogP) is 0.290. The van der Waals surface area contributed by atoms with Crippen molar-refractivity contribution in [3.8, 4) is 0 Å². The zero-order valence-electron chi connectivity index (χ0n) is 12.7. The Morgan fingerprint density at radius 2 is 1.30 bits per heavy atom. The van der Waals surface area contributed by atoms with E-state index in [0.717, 1.165) is 26.1 Å². The highest BCUT2D eigenvalue weighted by atomic mass is 16.3. The third-order valence-corrected chi connectivity index (χ3v) is 4.23. The molecular weight excluding hydrogens is 256 g/mol. The molecule has 0 aromatic carbocycles. The predicted molar refractivity (Wildman–Crippen MR) is 80.8 cm³/mol. The number of hydrogen-bond acceptors (Lipinski definition) is 5. The Labute approximate surface area is 123 Å². The van der Waals surface area contributed by atoms with Gasteiger partial charge < -0.3 is 15.3 Å². The number of hydrogen-bond donors (Lipinski definition) is 3. The Morgan fingerprint density at radius 1 is 0.700 bits per heavy atom. The maximum atomic E-state index is 9.23. The Kier molecular flexibility index (Phi) is 10.2. The summed E-state index contributed by atoms with van der Waals surface area (Å²) in [7, 11) is 0. The molecule has 120 valence electrons. The Balaban J connectivity index is 2.29. The summed E-state index contributed by atoms with van der Waals surface area (Å²) in [5.41, 5.74) is 0. The summed E-state index contributed by atoms with van der Waals surface area (Å²) in [6.07, 6.45) is 7.52. The van der Waals surface area contributed by atoms with Crippen LogP contribution in [0, 0.1) is 0 Å². The van der Waals surface area contributed by atoms with Crippen molar-refractivity contribution < 1.29 is 15.3 Å². The summed E-state index contributed by atoms with van der Waals surface area (Å²) in [5, 5.41) is 27.2. The molecule has 0 atom stereocenters. The van der Waals surface area contributed by atoms with Gasteiger partial charge in [0.25, 0.3) is 0 Å². The first-order valence-electron chi connectivity index (χ1n) is 8.10. The highest BCUT2D eigenvalue weighted by molar-refractivity contribution is 4.76. The normalized spacial score (nSPS) is 17.2. The Hall–Kier alpha value is -0.200. The number of aliphatic hydroxyl groups is 3. The fraction of sp³-hybridized carbons (Fsp3) is 1.00. The van der Waals surface area contributed by atoms with Gasteiger partial charge >= 0.3 is 0 Å². The van der Waals surface area contributed by atoms with Gasteiger partial charge in [0.2, 0.25) is 0 Å². The van der Waals surface area contributed by atoms with Crippen LogP contribution in [-0.4, -0.2) is 83.7 Å². The van der Waals surface area contributed by atoms with Crippen LogP contribution in [0.15, 0.2) is 0 Å². The first-order valence-corrected chi connectivity index (χ1v) is 8.10. The molecular formula is C15H32N2O3. The van der Waals surface area contributed by atoms with Crippen molar-refractivity contribution >= 4 is 0 Å². The highest BCUT2D eigenvalue weighted by Crippen LogP contribution is 2.22. The van der Waals surface area contributed by atoms with E-state index < -0.39 is 0 Å². The molecule has 0 unspecified atom stereocenters. The molecule has 0 saturated heterocycles. The van der Waals surface area contributed by atoms with E-state index in [4.69, 9.17) is 10.2 Å². The molecule has 0 spiro atoms. The van der Waals surface area contributed by atoms with Crippen molar-refractivity contribution in [2.45, 2.75) is 44.6 Å². The molecule has 5 nitrogen and oxygen atoms in total. The van der Waals surface area contributed by atoms with Gasteiger partial charge in [-0.3, -0.25) is 9.80 Å². The van der Waals surface area contributed by atoms with Crippen LogP contribution in [0.5, 0.6) is 0 Å². The number of nitrogens with zero attached hydrogens (tertiary/aromatic N) is 2. The van der Waals surface area contributed by atoms with Crippen LogP contribution in [0.4, 0.5) is 0 Å². The van der Waals surface area contributed by atoms with E-state index in [9.17, 15) is 5.11 Å². The average molecular weight is 288 g/mol. The maximum Gasteiger partial charge on any atom is 0.0558 e. The first kappa shape index (κ1) is 17.9. The monoisotopic (exact) mass is 288 g/mol. The number of rotatable bonds is 11. The van der Waals surface area contributed by atoms with E-state index >= 15 is 0 Å². The molecule has 1 saturated carbocycles. The molecule has 0 aromatic heterocycles. The van der Waals surface area contributed by atoms with E-state index in [1.807, 2.05) is 0 Å². The van der Waals surface area contributed by atoms with Crippen molar-refractivity contribution in [2.75, 3.05) is 52.5 Å². The third-order valence-electron chi connectivity index (χ3n) is 4.23. The molecule has 0 radical (unpaired) electrons. The summed E-state index contributed by atoms with van der Waals surface area (Å²) >= 11 is 0. The lowest BCUT2D eigenvalue weighted by atomic mass is 9.94. The molecule has 1 rings (SSSR count). The van der Waals surface area contributed by atoms with Gasteiger partial charge in [0.1, 0.15) is 0 Å². The molecule has 0 bridgehead atoms. The highest BCUT2D eigenvalue weighted by Gasteiger charge is 2.20. The fourth-order valence-corrected chi connectivity index (χ4v) is 3.17. The van der Waals surface area contributed by atoms with Gasteiger partial charge in [0.15, 0.2) is 0 Å². The van der Waals surface area contributed by atoms with E-state index in [-0.39, 0.29) is 19.8 Å². The maximum absolute atomic E-state index is 9.23. The van der Waals surface area contributed by atoms with Crippen molar-refractivity contribution in [1.82, 2.24) is 9.80 Å². The number of aliphatic hydroxyl groups excluding tert-OH is 3. The minimum atomic E-state index is 0.142. The van der Waals surface area contributed by atoms with Gasteiger partial charge in [-0.2, -0.15) is 0 Å². The quantitative estimate of drug-likeness (QED) is 0.510. The molecule has 3 N–H and O–H groups in total. The lowest BCUT2D eigenvalue weighted by molar-refractivity contribution is 0.111. The van der Waals surface area contributed by atoms with Crippen LogP contribution in [0.1, 0.15) is 38.5 Å². The smallest absolute Gasteiger partial charge is 0.0558 e. The van der Waals surface area contributed by atoms with Crippen LogP contribution in [0.2, 0.25) is 0 Å². The van der Waals surface area contributed by atoms with Gasteiger partial charge in [-0.15, -0.1) is 0 Å². The minimum Gasteiger partial charge on any atom is -0.395 e. The topological polar surface area (TPSA) is 67.2 Å². The van der Waals surface area contributed by atoms with Crippen LogP contribution in [0.25, 0.3) is 0 Å². The fourth-order valence-electron chi connectivity index (χ4n) is 3.17. The summed E-state index contributed by atoms with van der Waals surface area (Å²) in [5.74, 6) is 0. The SMILES string of the molecule is OCCN(CCO)CCCN(CCO)C1CCCCC1. The Morgan fingerprint density at radius 3 is 1.85 bits per heavy atom. The second-order valence-electron chi connectivity index (χ2n) is 5.69. The molecule has 1 fully saturated rings. The Bertz CT molecular complexity index is 217. The lowest BCUT2D eigenvalue weighted by Crippen LogP contribution is -2.41. The summed E-state index contributed by atoms with van der Waals surface area (Å²) in [4.78, 5) is 4.52. The van der Waals surface area contributed by atoms with E-state index in [2.05, 4.69) is 9.80 Å². The second-order valence-corrected chi connectivity index (χ2v) is 5.69. The van der Waals surface area contributed by atoms with Crippen molar-refractivity contribution in [1.29, 1.82) is 0 Å². The molecule has 0 heterocycles. The summed E-state index contributed by atoms with van der Waals surface area (Å²) < 4.78 is 0. The second kappa shape index (κ2) is 11.5. The molecule has 0 aromatic rings. The molecule has 5 heteroatoms. The molecule has 0 aliphatic heterocycles. The standard InChI is InChI=1S/C15H32N2O3/c18-12-9-16(10-13-19)7-4-8-17(11-14-20)15-5-2-1-3-6-15/h15,18-20H,1-14H2. The molecule has 1 aliphatic carbocycles. The van der Waals surface area contributed by atoms with Gasteiger partial charge in [0, 0.05) is 25.7 Å². The largest absolute Gasteiger partial charge is 0.395 e. The first-order chi connectivity index (χ1) is 9.81. The lowest BCUT2D eigenvalue weighted by Gasteiger charge is -2.34. The van der Waals surface area contributed by atoms with Crippen LogP contribution >= 0.6 is 0 Å². The zero-order chi connectivity index (χ0) is 14.6. The van der Waals surface area contributed by atoms with Crippen LogP contribution in [-0.2, 0) is 0 Å². The van der Waals surface area contributed by atoms with Gasteiger partial charge in [-0.05, 0) is 32.4 Å². The van der Waals surface area contributed by atoms with Gasteiger partial charge in [0.05, 0.1) is 19.8 Å². The zero-order valence-corrected chi connectivity index (χ0v) is 12.7. The minimum absolute atomic E-state index is 0.142. The molecule has 1 aliphatic rings. The van der Waals surface area contributed by atoms with E-state index in [1.165, 1.54) is 32.1 Å². The molecule has 0 amide bonds. The van der Waals surface area contributed by atoms with E-state index in [1.54, 1.807) is 0 Å². The van der Waals surface area contributed by atoms with Crippen molar-refractivity contribution in [3.63, 3.8) is 0 Å². The van der Waals surface area contributed by atoms with Crippen LogP contribution < -0.4 is 0 Å². The van der Waals surface area contributed by atoms with Gasteiger partial charge in [-0.1, -0.05) is 19.3 Å². The van der Waals surface area contributed by atoms with Crippen molar-refractivity contribution in [3.05, 3.63) is 0 Å². The third kappa shape index (κ3) is 6.99. The van der Waals surface area contributed by atoms with Crippen molar-refractivity contribution in [2.24, 2.45) is 0 Å². The van der Waals surface area contributed by atoms with E-state index in [0.29, 0.717) is 19.1 Å². The summed E-state index contributed by atoms with van der Waals surface area (Å²) in [6.45, 7) is 4.44. The van der Waals surface area contributed by atoms with Gasteiger partial charge in [-0.25, -0.2) is 0 Å². The van der Waals surface area contributed by atoms with Crippen LogP contribution in [0.3, 0.4) is 0 Å². The summed E-state index contributed by atoms with van der Waals surface area (Å²) in [6, 6.07) is 0.639. The average Bonchev–Trinajstić information content (AvgIpc) is 2.48. The molecule has 20 heavy (non-hydrogen) atoms.